The monoisotopic (exact) mass is 362 g/mol. The van der Waals surface area contributed by atoms with Gasteiger partial charge < -0.3 is 5.32 Å². The fourth-order valence-corrected chi connectivity index (χ4v) is 3.41. The van der Waals surface area contributed by atoms with Crippen molar-refractivity contribution in [2.75, 3.05) is 0 Å². The lowest BCUT2D eigenvalue weighted by molar-refractivity contribution is 0.446. The van der Waals surface area contributed by atoms with Gasteiger partial charge in [0.15, 0.2) is 0 Å². The van der Waals surface area contributed by atoms with Gasteiger partial charge in [-0.3, -0.25) is 4.99 Å². The lowest BCUT2D eigenvalue weighted by atomic mass is 9.95. The molecule has 2 rings (SSSR count). The van der Waals surface area contributed by atoms with Gasteiger partial charge in [-0.2, -0.15) is 0 Å². The third-order valence-corrected chi connectivity index (χ3v) is 4.75. The largest absolute Gasteiger partial charge is 0.381 e. The number of aliphatic imine (C=N–C) groups is 1. The van der Waals surface area contributed by atoms with E-state index in [1.54, 1.807) is 0 Å². The van der Waals surface area contributed by atoms with Crippen LogP contribution in [-0.4, -0.2) is 5.71 Å². The van der Waals surface area contributed by atoms with Crippen LogP contribution in [0.1, 0.15) is 64.8 Å². The highest BCUT2D eigenvalue weighted by atomic mass is 14.9. The molecule has 0 bridgehead atoms. The number of rotatable bonds is 8. The Hall–Kier alpha value is -2.35. The highest BCUT2D eigenvalue weighted by Crippen LogP contribution is 2.26. The molecule has 2 aromatic carbocycles. The predicted molar refractivity (Wildman–Crippen MR) is 118 cm³/mol. The first-order valence-electron chi connectivity index (χ1n) is 9.97. The molecule has 0 spiro atoms. The summed E-state index contributed by atoms with van der Waals surface area (Å²) in [5, 5.41) is 3.69. The molecule has 0 unspecified atom stereocenters. The van der Waals surface area contributed by atoms with E-state index in [1.807, 2.05) is 0 Å². The summed E-state index contributed by atoms with van der Waals surface area (Å²) in [6.45, 7) is 13.2. The Morgan fingerprint density at radius 1 is 0.778 bits per heavy atom. The molecule has 0 fully saturated rings. The van der Waals surface area contributed by atoms with Gasteiger partial charge in [-0.1, -0.05) is 88.4 Å². The van der Waals surface area contributed by atoms with Crippen molar-refractivity contribution in [1.82, 2.24) is 5.32 Å². The van der Waals surface area contributed by atoms with Crippen LogP contribution in [0.25, 0.3) is 0 Å². The second-order valence-electron chi connectivity index (χ2n) is 7.97. The zero-order valence-electron chi connectivity index (χ0n) is 17.6. The van der Waals surface area contributed by atoms with Gasteiger partial charge in [-0.05, 0) is 42.9 Å². The number of nitrogens with one attached hydrogen (secondary N) is 1. The molecule has 27 heavy (non-hydrogen) atoms. The molecule has 0 aliphatic carbocycles. The highest BCUT2D eigenvalue weighted by molar-refractivity contribution is 5.93. The lowest BCUT2D eigenvalue weighted by Crippen LogP contribution is -2.24. The number of benzene rings is 2. The molecule has 2 aromatic rings. The van der Waals surface area contributed by atoms with Gasteiger partial charge in [0.25, 0.3) is 0 Å². The van der Waals surface area contributed by atoms with Crippen LogP contribution in [-0.2, 0) is 0 Å². The molecule has 0 saturated carbocycles. The number of hydrogen-bond acceptors (Lipinski definition) is 2. The topological polar surface area (TPSA) is 24.4 Å². The van der Waals surface area contributed by atoms with E-state index in [9.17, 15) is 0 Å². The molecule has 2 atom stereocenters. The minimum Gasteiger partial charge on any atom is -0.381 e. The molecule has 2 heteroatoms. The van der Waals surface area contributed by atoms with Crippen molar-refractivity contribution in [1.29, 1.82) is 0 Å². The lowest BCUT2D eigenvalue weighted by Gasteiger charge is -2.24. The summed E-state index contributed by atoms with van der Waals surface area (Å²) in [7, 11) is 0. The third-order valence-electron chi connectivity index (χ3n) is 4.75. The minimum absolute atomic E-state index is 0.185. The van der Waals surface area contributed by atoms with Crippen molar-refractivity contribution in [2.45, 2.75) is 53.6 Å². The zero-order valence-corrected chi connectivity index (χ0v) is 17.6. The molecule has 0 aliphatic rings. The molecule has 144 valence electrons. The molecule has 0 amide bonds. The van der Waals surface area contributed by atoms with Crippen LogP contribution in [0.4, 0.5) is 0 Å². The predicted octanol–water partition coefficient (Wildman–Crippen LogP) is 6.74. The Morgan fingerprint density at radius 2 is 1.30 bits per heavy atom. The van der Waals surface area contributed by atoms with Gasteiger partial charge in [-0.15, -0.1) is 0 Å². The van der Waals surface area contributed by atoms with Crippen LogP contribution in [0.15, 0.2) is 77.4 Å². The zero-order chi connectivity index (χ0) is 19.8. The van der Waals surface area contributed by atoms with E-state index in [2.05, 4.69) is 114 Å². The number of nitrogens with zero attached hydrogens (tertiary/aromatic N) is 1. The number of allylic oxidation sites excluding steroid dienone is 2. The summed E-state index contributed by atoms with van der Waals surface area (Å²) in [4.78, 5) is 5.01. The normalized spacial score (nSPS) is 15.1. The second kappa shape index (κ2) is 10.1. The highest BCUT2D eigenvalue weighted by Gasteiger charge is 2.16. The van der Waals surface area contributed by atoms with Crippen LogP contribution in [0.2, 0.25) is 0 Å². The Bertz CT molecular complexity index is 742. The van der Waals surface area contributed by atoms with Crippen LogP contribution in [0, 0.1) is 11.8 Å². The fourth-order valence-electron chi connectivity index (χ4n) is 3.41. The maximum atomic E-state index is 5.01. The van der Waals surface area contributed by atoms with Gasteiger partial charge >= 0.3 is 0 Å². The van der Waals surface area contributed by atoms with Crippen molar-refractivity contribution in [3.63, 3.8) is 0 Å². The van der Waals surface area contributed by atoms with Gasteiger partial charge in [0.05, 0.1) is 12.1 Å². The van der Waals surface area contributed by atoms with E-state index >= 15 is 0 Å². The van der Waals surface area contributed by atoms with Crippen molar-refractivity contribution < 1.29 is 0 Å². The Balaban J connectivity index is 2.18. The average Bonchev–Trinajstić information content (AvgIpc) is 2.65. The molecule has 0 saturated heterocycles. The summed E-state index contributed by atoms with van der Waals surface area (Å²) in [5.41, 5.74) is 4.79. The summed E-state index contributed by atoms with van der Waals surface area (Å²) in [6, 6.07) is 21.7. The summed E-state index contributed by atoms with van der Waals surface area (Å²) in [6.07, 6.45) is 2.16. The molecular formula is C25H34N2. The summed E-state index contributed by atoms with van der Waals surface area (Å²) >= 11 is 0. The summed E-state index contributed by atoms with van der Waals surface area (Å²) in [5.74, 6) is 0.956. The van der Waals surface area contributed by atoms with Crippen molar-refractivity contribution in [2.24, 2.45) is 16.8 Å². The molecule has 0 aliphatic heterocycles. The fraction of sp³-hybridized carbons (Fsp3) is 0.400. The SMILES string of the molecule is CC(/C=C(\C)N[C@H](c1ccccc1)C(C)C)=N[C@H](c1ccccc1)C(C)C. The minimum atomic E-state index is 0.185. The maximum absolute atomic E-state index is 5.01. The van der Waals surface area contributed by atoms with Crippen molar-refractivity contribution >= 4 is 5.71 Å². The van der Waals surface area contributed by atoms with E-state index in [4.69, 9.17) is 4.99 Å². The first-order chi connectivity index (χ1) is 12.9. The molecule has 0 radical (unpaired) electrons. The quantitative estimate of drug-likeness (QED) is 0.517. The maximum Gasteiger partial charge on any atom is 0.0775 e. The Morgan fingerprint density at radius 3 is 1.78 bits per heavy atom. The molecule has 0 heterocycles. The standard InChI is InChI=1S/C25H34N2/c1-18(2)24(22-13-9-7-10-14-22)26-20(5)17-21(6)27-25(19(3)4)23-15-11-8-12-16-23/h7-19,24-26H,1-6H3/b20-17+,27-21?/t24-,25-/m0/s1. The molecular weight excluding hydrogens is 328 g/mol. The average molecular weight is 363 g/mol. The van der Waals surface area contributed by atoms with Crippen molar-refractivity contribution in [3.8, 4) is 0 Å². The van der Waals surface area contributed by atoms with E-state index in [0.717, 1.165) is 11.4 Å². The molecule has 1 N–H and O–H groups in total. The van der Waals surface area contributed by atoms with Crippen LogP contribution >= 0.6 is 0 Å². The van der Waals surface area contributed by atoms with Crippen LogP contribution in [0.3, 0.4) is 0 Å². The van der Waals surface area contributed by atoms with Crippen molar-refractivity contribution in [3.05, 3.63) is 83.6 Å². The Kier molecular flexibility index (Phi) is 7.84. The van der Waals surface area contributed by atoms with Crippen LogP contribution in [0.5, 0.6) is 0 Å². The van der Waals surface area contributed by atoms with Gasteiger partial charge in [-0.25, -0.2) is 0 Å². The molecule has 0 aromatic heterocycles. The van der Waals surface area contributed by atoms with E-state index in [1.165, 1.54) is 11.1 Å². The molecule has 2 nitrogen and oxygen atoms in total. The first-order valence-corrected chi connectivity index (χ1v) is 9.97. The third kappa shape index (κ3) is 6.39. The van der Waals surface area contributed by atoms with E-state index in [-0.39, 0.29) is 6.04 Å². The smallest absolute Gasteiger partial charge is 0.0775 e. The first kappa shape index (κ1) is 21.0. The summed E-state index contributed by atoms with van der Waals surface area (Å²) < 4.78 is 0. The van der Waals surface area contributed by atoms with Gasteiger partial charge in [0.2, 0.25) is 0 Å². The number of hydrogen-bond donors (Lipinski definition) is 1. The van der Waals surface area contributed by atoms with Gasteiger partial charge in [0, 0.05) is 11.4 Å². The van der Waals surface area contributed by atoms with Gasteiger partial charge in [0.1, 0.15) is 0 Å². The van der Waals surface area contributed by atoms with E-state index in [0.29, 0.717) is 17.9 Å². The Labute approximate surface area is 165 Å². The second-order valence-corrected chi connectivity index (χ2v) is 7.97. The van der Waals surface area contributed by atoms with E-state index < -0.39 is 0 Å². The van der Waals surface area contributed by atoms with Crippen LogP contribution < -0.4 is 5.32 Å².